The highest BCUT2D eigenvalue weighted by Crippen LogP contribution is 2.10. The first-order chi connectivity index (χ1) is 6.63. The highest BCUT2D eigenvalue weighted by Gasteiger charge is 2.21. The van der Waals surface area contributed by atoms with Crippen molar-refractivity contribution in [3.05, 3.63) is 0 Å². The van der Waals surface area contributed by atoms with Crippen molar-refractivity contribution >= 4 is 5.97 Å². The summed E-state index contributed by atoms with van der Waals surface area (Å²) >= 11 is 0. The lowest BCUT2D eigenvalue weighted by Gasteiger charge is -2.32. The lowest BCUT2D eigenvalue weighted by molar-refractivity contribution is -0.139. The summed E-state index contributed by atoms with van der Waals surface area (Å²) in [6.45, 7) is 7.13. The molecule has 1 aliphatic rings. The van der Waals surface area contributed by atoms with Gasteiger partial charge >= 0.3 is 5.97 Å². The van der Waals surface area contributed by atoms with Crippen LogP contribution in [0, 0.1) is 0 Å². The number of likely N-dealkylation sites (tertiary alicyclic amines) is 1. The molecule has 82 valence electrons. The van der Waals surface area contributed by atoms with E-state index < -0.39 is 12.0 Å². The molecule has 4 heteroatoms. The van der Waals surface area contributed by atoms with Gasteiger partial charge in [-0.05, 0) is 39.4 Å². The van der Waals surface area contributed by atoms with Crippen LogP contribution in [0.1, 0.15) is 26.7 Å². The molecule has 1 aliphatic heterocycles. The number of nitrogens with zero attached hydrogens (tertiary/aromatic N) is 1. The molecule has 0 aliphatic carbocycles. The summed E-state index contributed by atoms with van der Waals surface area (Å²) in [6.07, 6.45) is 2.12. The Bertz CT molecular complexity index is 189. The summed E-state index contributed by atoms with van der Waals surface area (Å²) in [5.41, 5.74) is 0. The van der Waals surface area contributed by atoms with E-state index in [1.165, 1.54) is 0 Å². The molecule has 1 saturated heterocycles. The molecule has 0 amide bonds. The average molecular weight is 200 g/mol. The van der Waals surface area contributed by atoms with Gasteiger partial charge in [-0.3, -0.25) is 4.79 Å². The van der Waals surface area contributed by atoms with Gasteiger partial charge in [0, 0.05) is 6.04 Å². The summed E-state index contributed by atoms with van der Waals surface area (Å²) in [5, 5.41) is 11.9. The summed E-state index contributed by atoms with van der Waals surface area (Å²) in [5.74, 6) is -0.761. The van der Waals surface area contributed by atoms with Gasteiger partial charge in [0.2, 0.25) is 0 Å². The van der Waals surface area contributed by atoms with Gasteiger partial charge in [0.1, 0.15) is 6.04 Å². The zero-order chi connectivity index (χ0) is 10.6. The normalized spacial score (nSPS) is 22.1. The number of carboxylic acid groups (broad SMARTS) is 1. The van der Waals surface area contributed by atoms with Crippen LogP contribution in [0.5, 0.6) is 0 Å². The molecule has 1 atom stereocenters. The number of aliphatic carboxylic acids is 1. The Balaban J connectivity index is 2.25. The minimum Gasteiger partial charge on any atom is -0.480 e. The van der Waals surface area contributed by atoms with E-state index in [4.69, 9.17) is 5.11 Å². The molecule has 4 nitrogen and oxygen atoms in total. The van der Waals surface area contributed by atoms with Gasteiger partial charge in [-0.1, -0.05) is 6.92 Å². The Morgan fingerprint density at radius 2 is 2.14 bits per heavy atom. The van der Waals surface area contributed by atoms with E-state index >= 15 is 0 Å². The van der Waals surface area contributed by atoms with Crippen LogP contribution in [0.3, 0.4) is 0 Å². The number of carboxylic acids is 1. The van der Waals surface area contributed by atoms with Crippen LogP contribution in [0.25, 0.3) is 0 Å². The Labute approximate surface area is 85.3 Å². The zero-order valence-corrected chi connectivity index (χ0v) is 8.99. The van der Waals surface area contributed by atoms with Gasteiger partial charge in [-0.2, -0.15) is 0 Å². The molecule has 1 rings (SSSR count). The lowest BCUT2D eigenvalue weighted by atomic mass is 10.0. The van der Waals surface area contributed by atoms with Crippen LogP contribution >= 0.6 is 0 Å². The quantitative estimate of drug-likeness (QED) is 0.695. The van der Waals surface area contributed by atoms with E-state index in [1.807, 2.05) is 0 Å². The molecular weight excluding hydrogens is 180 g/mol. The van der Waals surface area contributed by atoms with Crippen molar-refractivity contribution in [2.75, 3.05) is 19.6 Å². The molecule has 0 spiro atoms. The van der Waals surface area contributed by atoms with Gasteiger partial charge in [0.15, 0.2) is 0 Å². The van der Waals surface area contributed by atoms with Crippen LogP contribution < -0.4 is 5.32 Å². The standard InChI is InChI=1S/C10H20N2O2/c1-3-12-6-4-9(5-7-12)11-8(2)10(13)14/h8-9,11H,3-7H2,1-2H3,(H,13,14). The van der Waals surface area contributed by atoms with E-state index in [0.29, 0.717) is 6.04 Å². The van der Waals surface area contributed by atoms with E-state index in [1.54, 1.807) is 6.92 Å². The molecule has 0 aromatic carbocycles. The van der Waals surface area contributed by atoms with Crippen molar-refractivity contribution in [3.63, 3.8) is 0 Å². The summed E-state index contributed by atoms with van der Waals surface area (Å²) in [6, 6.07) is -0.0444. The van der Waals surface area contributed by atoms with E-state index in [2.05, 4.69) is 17.1 Å². The second-order valence-corrected chi connectivity index (χ2v) is 3.94. The topological polar surface area (TPSA) is 52.6 Å². The molecule has 1 fully saturated rings. The maximum absolute atomic E-state index is 10.6. The number of rotatable bonds is 4. The number of nitrogens with one attached hydrogen (secondary N) is 1. The van der Waals surface area contributed by atoms with Crippen molar-refractivity contribution < 1.29 is 9.90 Å². The van der Waals surface area contributed by atoms with Crippen molar-refractivity contribution in [2.24, 2.45) is 0 Å². The Morgan fingerprint density at radius 3 is 2.57 bits per heavy atom. The van der Waals surface area contributed by atoms with Gasteiger partial charge in [-0.25, -0.2) is 0 Å². The van der Waals surface area contributed by atoms with Gasteiger partial charge in [0.05, 0.1) is 0 Å². The predicted octanol–water partition coefficient (Wildman–Crippen LogP) is 0.533. The second kappa shape index (κ2) is 5.32. The van der Waals surface area contributed by atoms with E-state index in [9.17, 15) is 4.79 Å². The molecule has 1 heterocycles. The molecule has 0 bridgehead atoms. The first-order valence-electron chi connectivity index (χ1n) is 5.34. The summed E-state index contributed by atoms with van der Waals surface area (Å²) < 4.78 is 0. The minimum absolute atomic E-state index is 0.379. The van der Waals surface area contributed by atoms with Gasteiger partial charge < -0.3 is 15.3 Å². The number of carbonyl (C=O) groups is 1. The SMILES string of the molecule is CCN1CCC(NC(C)C(=O)O)CC1. The van der Waals surface area contributed by atoms with Crippen LogP contribution in [0.4, 0.5) is 0 Å². The molecule has 1 unspecified atom stereocenters. The Kier molecular flexibility index (Phi) is 4.35. The summed E-state index contributed by atoms with van der Waals surface area (Å²) in [7, 11) is 0. The lowest BCUT2D eigenvalue weighted by Crippen LogP contribution is -2.47. The molecule has 0 radical (unpaired) electrons. The predicted molar refractivity (Wildman–Crippen MR) is 55.4 cm³/mol. The van der Waals surface area contributed by atoms with Crippen molar-refractivity contribution in [1.82, 2.24) is 10.2 Å². The third-order valence-electron chi connectivity index (χ3n) is 2.89. The van der Waals surface area contributed by atoms with Gasteiger partial charge in [0.25, 0.3) is 0 Å². The molecule has 0 aromatic rings. The van der Waals surface area contributed by atoms with Crippen LogP contribution in [-0.2, 0) is 4.79 Å². The van der Waals surface area contributed by atoms with Gasteiger partial charge in [-0.15, -0.1) is 0 Å². The van der Waals surface area contributed by atoms with Crippen molar-refractivity contribution in [3.8, 4) is 0 Å². The fourth-order valence-corrected chi connectivity index (χ4v) is 1.84. The molecule has 0 aromatic heterocycles. The highest BCUT2D eigenvalue weighted by atomic mass is 16.4. The first kappa shape index (κ1) is 11.5. The number of hydrogen-bond acceptors (Lipinski definition) is 3. The van der Waals surface area contributed by atoms with Crippen molar-refractivity contribution in [1.29, 1.82) is 0 Å². The second-order valence-electron chi connectivity index (χ2n) is 3.94. The maximum atomic E-state index is 10.6. The van der Waals surface area contributed by atoms with Crippen LogP contribution in [0.2, 0.25) is 0 Å². The highest BCUT2D eigenvalue weighted by molar-refractivity contribution is 5.72. The Hall–Kier alpha value is -0.610. The largest absolute Gasteiger partial charge is 0.480 e. The minimum atomic E-state index is -0.761. The average Bonchev–Trinajstić information content (AvgIpc) is 2.19. The first-order valence-corrected chi connectivity index (χ1v) is 5.34. The molecule has 2 N–H and O–H groups in total. The third kappa shape index (κ3) is 3.27. The summed E-state index contributed by atoms with van der Waals surface area (Å²) in [4.78, 5) is 13.0. The van der Waals surface area contributed by atoms with E-state index in [0.717, 1.165) is 32.5 Å². The third-order valence-corrected chi connectivity index (χ3v) is 2.89. The van der Waals surface area contributed by atoms with Crippen LogP contribution in [-0.4, -0.2) is 47.7 Å². The number of hydrogen-bond donors (Lipinski definition) is 2. The zero-order valence-electron chi connectivity index (χ0n) is 8.99. The van der Waals surface area contributed by atoms with Crippen molar-refractivity contribution in [2.45, 2.75) is 38.8 Å². The smallest absolute Gasteiger partial charge is 0.320 e. The maximum Gasteiger partial charge on any atom is 0.320 e. The Morgan fingerprint density at radius 1 is 1.57 bits per heavy atom. The fraction of sp³-hybridized carbons (Fsp3) is 0.900. The fourth-order valence-electron chi connectivity index (χ4n) is 1.84. The van der Waals surface area contributed by atoms with Crippen LogP contribution in [0.15, 0.2) is 0 Å². The molecule has 14 heavy (non-hydrogen) atoms. The monoisotopic (exact) mass is 200 g/mol. The molecule has 0 saturated carbocycles. The molecular formula is C10H20N2O2. The number of piperidine rings is 1. The van der Waals surface area contributed by atoms with E-state index in [-0.39, 0.29) is 0 Å².